The summed E-state index contributed by atoms with van der Waals surface area (Å²) in [5, 5.41) is 1.98. The maximum absolute atomic E-state index is 13.0. The number of anilines is 1. The number of sulfonamides is 1. The summed E-state index contributed by atoms with van der Waals surface area (Å²) in [4.78, 5) is 18.7. The van der Waals surface area contributed by atoms with Gasteiger partial charge in [-0.1, -0.05) is 0 Å². The predicted octanol–water partition coefficient (Wildman–Crippen LogP) is 3.64. The Kier molecular flexibility index (Phi) is 6.61. The minimum atomic E-state index is -3.75. The average Bonchev–Trinajstić information content (AvgIpc) is 3.32. The van der Waals surface area contributed by atoms with E-state index in [2.05, 4.69) is 9.71 Å². The molecule has 0 saturated carbocycles. The van der Waals surface area contributed by atoms with E-state index >= 15 is 0 Å². The highest BCUT2D eigenvalue weighted by Crippen LogP contribution is 2.23. The van der Waals surface area contributed by atoms with E-state index in [4.69, 9.17) is 9.47 Å². The fourth-order valence-corrected chi connectivity index (χ4v) is 5.26. The normalized spacial score (nSPS) is 16.4. The van der Waals surface area contributed by atoms with Gasteiger partial charge in [0.05, 0.1) is 18.6 Å². The van der Waals surface area contributed by atoms with Gasteiger partial charge in [-0.15, -0.1) is 11.3 Å². The number of methoxy groups -OCH3 is 1. The lowest BCUT2D eigenvalue weighted by atomic mass is 10.1. The van der Waals surface area contributed by atoms with Crippen molar-refractivity contribution in [3.8, 4) is 11.5 Å². The molecule has 0 bridgehead atoms. The molecule has 1 aromatic heterocycles. The molecule has 10 heteroatoms. The first-order chi connectivity index (χ1) is 15.4. The van der Waals surface area contributed by atoms with Crippen molar-refractivity contribution in [2.24, 2.45) is 0 Å². The molecule has 2 heterocycles. The van der Waals surface area contributed by atoms with Gasteiger partial charge in [0, 0.05) is 23.7 Å². The van der Waals surface area contributed by atoms with Crippen LogP contribution in [0.5, 0.6) is 11.5 Å². The summed E-state index contributed by atoms with van der Waals surface area (Å²) < 4.78 is 38.6. The van der Waals surface area contributed by atoms with Gasteiger partial charge < -0.3 is 14.4 Å². The van der Waals surface area contributed by atoms with Crippen molar-refractivity contribution < 1.29 is 22.7 Å². The highest BCUT2D eigenvalue weighted by Gasteiger charge is 2.26. The first-order valence-electron chi connectivity index (χ1n) is 10.1. The minimum Gasteiger partial charge on any atom is -0.497 e. The summed E-state index contributed by atoms with van der Waals surface area (Å²) in [6.07, 6.45) is 3.10. The molecule has 32 heavy (non-hydrogen) atoms. The van der Waals surface area contributed by atoms with E-state index in [1.807, 2.05) is 24.3 Å². The van der Waals surface area contributed by atoms with Gasteiger partial charge in [-0.05, 0) is 61.4 Å². The Morgan fingerprint density at radius 3 is 2.50 bits per heavy atom. The smallest absolute Gasteiger partial charge is 0.263 e. The van der Waals surface area contributed by atoms with Crippen LogP contribution in [0.4, 0.5) is 5.13 Å². The Balaban J connectivity index is 1.39. The number of nitrogens with one attached hydrogen (secondary N) is 1. The molecule has 0 aliphatic carbocycles. The maximum atomic E-state index is 13.0. The molecule has 1 saturated heterocycles. The molecule has 1 unspecified atom stereocenters. The summed E-state index contributed by atoms with van der Waals surface area (Å²) in [5.41, 5.74) is 0.434. The van der Waals surface area contributed by atoms with Gasteiger partial charge in [0.15, 0.2) is 5.13 Å². The van der Waals surface area contributed by atoms with Crippen molar-refractivity contribution >= 4 is 32.4 Å². The van der Waals surface area contributed by atoms with Crippen molar-refractivity contribution in [1.82, 2.24) is 9.88 Å². The lowest BCUT2D eigenvalue weighted by molar-refractivity contribution is 0.0538. The maximum Gasteiger partial charge on any atom is 0.263 e. The van der Waals surface area contributed by atoms with E-state index in [0.29, 0.717) is 23.8 Å². The van der Waals surface area contributed by atoms with Crippen LogP contribution in [-0.4, -0.2) is 50.5 Å². The highest BCUT2D eigenvalue weighted by atomic mass is 32.2. The second kappa shape index (κ2) is 9.58. The quantitative estimate of drug-likeness (QED) is 0.563. The number of amides is 1. The molecule has 2 aromatic carbocycles. The molecule has 4 rings (SSSR count). The number of piperidine rings is 1. The first kappa shape index (κ1) is 22.1. The molecule has 1 N–H and O–H groups in total. The van der Waals surface area contributed by atoms with E-state index < -0.39 is 10.0 Å². The molecule has 1 aliphatic heterocycles. The predicted molar refractivity (Wildman–Crippen MR) is 122 cm³/mol. The standard InChI is InChI=1S/C22H23N3O5S2/c1-29-17-6-8-18(9-7-17)30-19-3-2-13-25(15-19)21(26)16-4-10-20(11-5-16)32(27,28)24-22-23-12-14-31-22/h4-12,14,19H,2-3,13,15H2,1H3,(H,23,24). The van der Waals surface area contributed by atoms with Gasteiger partial charge in [0.1, 0.15) is 17.6 Å². The molecule has 1 aliphatic rings. The molecule has 1 fully saturated rings. The van der Waals surface area contributed by atoms with Gasteiger partial charge in [-0.25, -0.2) is 13.4 Å². The molecular formula is C22H23N3O5S2. The Hall–Kier alpha value is -3.11. The van der Waals surface area contributed by atoms with Gasteiger partial charge in [-0.2, -0.15) is 0 Å². The van der Waals surface area contributed by atoms with Crippen molar-refractivity contribution in [3.05, 3.63) is 65.7 Å². The monoisotopic (exact) mass is 473 g/mol. The largest absolute Gasteiger partial charge is 0.497 e. The third-order valence-electron chi connectivity index (χ3n) is 5.09. The summed E-state index contributed by atoms with van der Waals surface area (Å²) >= 11 is 1.19. The van der Waals surface area contributed by atoms with Crippen molar-refractivity contribution in [1.29, 1.82) is 0 Å². The number of aromatic nitrogens is 1. The second-order valence-corrected chi connectivity index (χ2v) is 9.85. The number of likely N-dealkylation sites (tertiary alicyclic amines) is 1. The van der Waals surface area contributed by atoms with Crippen LogP contribution in [0.2, 0.25) is 0 Å². The molecule has 1 atom stereocenters. The van der Waals surface area contributed by atoms with E-state index in [1.165, 1.54) is 41.8 Å². The van der Waals surface area contributed by atoms with E-state index in [9.17, 15) is 13.2 Å². The minimum absolute atomic E-state index is 0.0728. The van der Waals surface area contributed by atoms with Crippen LogP contribution >= 0.6 is 11.3 Å². The third-order valence-corrected chi connectivity index (χ3v) is 7.27. The molecule has 168 valence electrons. The third kappa shape index (κ3) is 5.20. The van der Waals surface area contributed by atoms with Crippen LogP contribution in [0.1, 0.15) is 23.2 Å². The highest BCUT2D eigenvalue weighted by molar-refractivity contribution is 7.93. The van der Waals surface area contributed by atoms with Gasteiger partial charge >= 0.3 is 0 Å². The van der Waals surface area contributed by atoms with Gasteiger partial charge in [0.2, 0.25) is 0 Å². The van der Waals surface area contributed by atoms with Crippen molar-refractivity contribution in [2.75, 3.05) is 24.9 Å². The number of benzene rings is 2. The first-order valence-corrected chi connectivity index (χ1v) is 12.4. The number of carbonyl (C=O) groups excluding carboxylic acids is 1. The number of rotatable bonds is 7. The molecular weight excluding hydrogens is 450 g/mol. The zero-order valence-corrected chi connectivity index (χ0v) is 19.1. The number of ether oxygens (including phenoxy) is 2. The van der Waals surface area contributed by atoms with Crippen LogP contribution in [0.15, 0.2) is 65.0 Å². The SMILES string of the molecule is COc1ccc(OC2CCCN(C(=O)c3ccc(S(=O)(=O)Nc4nccs4)cc3)C2)cc1. The Morgan fingerprint density at radius 2 is 1.84 bits per heavy atom. The Labute approximate surface area is 190 Å². The zero-order valence-electron chi connectivity index (χ0n) is 17.4. The van der Waals surface area contributed by atoms with Gasteiger partial charge in [0.25, 0.3) is 15.9 Å². The van der Waals surface area contributed by atoms with E-state index in [0.717, 1.165) is 24.3 Å². The molecule has 3 aromatic rings. The fraction of sp³-hybridized carbons (Fsp3) is 0.273. The summed E-state index contributed by atoms with van der Waals surface area (Å²) in [5.74, 6) is 1.34. The summed E-state index contributed by atoms with van der Waals surface area (Å²) in [6, 6.07) is 13.3. The second-order valence-electron chi connectivity index (χ2n) is 7.28. The Bertz CT molecular complexity index is 1150. The van der Waals surface area contributed by atoms with E-state index in [-0.39, 0.29) is 16.9 Å². The molecule has 1 amide bonds. The molecule has 8 nitrogen and oxygen atoms in total. The van der Waals surface area contributed by atoms with Gasteiger partial charge in [-0.3, -0.25) is 9.52 Å². The van der Waals surface area contributed by atoms with Crippen molar-refractivity contribution in [3.63, 3.8) is 0 Å². The molecule has 0 spiro atoms. The lowest BCUT2D eigenvalue weighted by Gasteiger charge is -2.33. The number of nitrogens with zero attached hydrogens (tertiary/aromatic N) is 2. The molecule has 0 radical (unpaired) electrons. The summed E-state index contributed by atoms with van der Waals surface area (Å²) in [7, 11) is -2.14. The average molecular weight is 474 g/mol. The zero-order chi connectivity index (χ0) is 22.6. The Morgan fingerprint density at radius 1 is 1.12 bits per heavy atom. The van der Waals surface area contributed by atoms with Crippen LogP contribution < -0.4 is 14.2 Å². The fourth-order valence-electron chi connectivity index (χ4n) is 3.47. The number of thiazole rings is 1. The lowest BCUT2D eigenvalue weighted by Crippen LogP contribution is -2.44. The summed E-state index contributed by atoms with van der Waals surface area (Å²) in [6.45, 7) is 1.10. The number of carbonyl (C=O) groups is 1. The number of hydrogen-bond donors (Lipinski definition) is 1. The topological polar surface area (TPSA) is 97.8 Å². The van der Waals surface area contributed by atoms with Crippen LogP contribution in [0.25, 0.3) is 0 Å². The van der Waals surface area contributed by atoms with Crippen LogP contribution in [0, 0.1) is 0 Å². The number of hydrogen-bond acceptors (Lipinski definition) is 7. The van der Waals surface area contributed by atoms with Crippen LogP contribution in [-0.2, 0) is 10.0 Å². The van der Waals surface area contributed by atoms with Crippen LogP contribution in [0.3, 0.4) is 0 Å². The van der Waals surface area contributed by atoms with E-state index in [1.54, 1.807) is 17.4 Å². The van der Waals surface area contributed by atoms with Crippen molar-refractivity contribution in [2.45, 2.75) is 23.8 Å².